The quantitative estimate of drug-likeness (QED) is 0.764. The number of halogens is 1. The first-order valence-corrected chi connectivity index (χ1v) is 7.89. The van der Waals surface area contributed by atoms with Crippen LogP contribution < -0.4 is 16.0 Å². The number of hydrogen-bond donors (Lipinski definition) is 3. The first-order valence-electron chi connectivity index (χ1n) is 7.89. The zero-order valence-electron chi connectivity index (χ0n) is 14.6. The summed E-state index contributed by atoms with van der Waals surface area (Å²) in [5.74, 6) is -0.456. The van der Waals surface area contributed by atoms with Crippen LogP contribution in [0.15, 0.2) is 12.1 Å². The van der Waals surface area contributed by atoms with Crippen molar-refractivity contribution in [3.05, 3.63) is 28.8 Å². The van der Waals surface area contributed by atoms with Gasteiger partial charge in [0.25, 0.3) is 0 Å². The first-order chi connectivity index (χ1) is 10.9. The Balaban J connectivity index is 0.00000288. The van der Waals surface area contributed by atoms with Crippen LogP contribution in [0.3, 0.4) is 0 Å². The molecule has 1 saturated heterocycles. The lowest BCUT2D eigenvalue weighted by atomic mass is 10.1. The number of amides is 2. The molecule has 0 aromatic heterocycles. The molecule has 2 amide bonds. The van der Waals surface area contributed by atoms with Gasteiger partial charge in [0.1, 0.15) is 6.04 Å². The number of anilines is 1. The minimum atomic E-state index is -0.417. The fraction of sp³-hybridized carbons (Fsp3) is 0.529. The van der Waals surface area contributed by atoms with E-state index in [0.717, 1.165) is 22.4 Å². The van der Waals surface area contributed by atoms with E-state index in [1.807, 2.05) is 39.8 Å². The molecule has 7 heteroatoms. The molecule has 1 aromatic carbocycles. The van der Waals surface area contributed by atoms with Crippen molar-refractivity contribution in [2.45, 2.75) is 39.8 Å². The molecule has 0 spiro atoms. The summed E-state index contributed by atoms with van der Waals surface area (Å²) in [6.45, 7) is 8.95. The van der Waals surface area contributed by atoms with Crippen LogP contribution in [-0.2, 0) is 14.3 Å². The Morgan fingerprint density at radius 2 is 1.88 bits per heavy atom. The van der Waals surface area contributed by atoms with Gasteiger partial charge in [0.05, 0.1) is 19.3 Å². The van der Waals surface area contributed by atoms with Crippen LogP contribution in [0.4, 0.5) is 5.69 Å². The predicted octanol–water partition coefficient (Wildman–Crippen LogP) is 1.47. The molecule has 24 heavy (non-hydrogen) atoms. The molecule has 0 unspecified atom stereocenters. The van der Waals surface area contributed by atoms with Gasteiger partial charge < -0.3 is 20.7 Å². The predicted molar refractivity (Wildman–Crippen MR) is 96.7 cm³/mol. The van der Waals surface area contributed by atoms with Crippen LogP contribution in [0.5, 0.6) is 0 Å². The van der Waals surface area contributed by atoms with E-state index in [-0.39, 0.29) is 36.9 Å². The number of carbonyl (C=O) groups is 2. The highest BCUT2D eigenvalue weighted by Gasteiger charge is 2.28. The van der Waals surface area contributed by atoms with Gasteiger partial charge in [-0.1, -0.05) is 17.7 Å². The number of ether oxygens (including phenoxy) is 1. The first kappa shape index (κ1) is 20.4. The number of rotatable bonds is 4. The minimum absolute atomic E-state index is 0. The lowest BCUT2D eigenvalue weighted by Crippen LogP contribution is -2.56. The van der Waals surface area contributed by atoms with E-state index in [4.69, 9.17) is 4.74 Å². The van der Waals surface area contributed by atoms with E-state index >= 15 is 0 Å². The molecule has 0 aliphatic carbocycles. The number of aryl methyl sites for hydroxylation is 3. The molecule has 3 N–H and O–H groups in total. The van der Waals surface area contributed by atoms with E-state index in [1.54, 1.807) is 0 Å². The largest absolute Gasteiger partial charge is 0.375 e. The van der Waals surface area contributed by atoms with Gasteiger partial charge in [-0.3, -0.25) is 9.59 Å². The molecule has 1 aliphatic rings. The Bertz CT molecular complexity index is 584. The highest BCUT2D eigenvalue weighted by Crippen LogP contribution is 2.21. The lowest BCUT2D eigenvalue weighted by Gasteiger charge is -2.29. The third-order valence-corrected chi connectivity index (χ3v) is 3.96. The second-order valence-electron chi connectivity index (χ2n) is 6.05. The van der Waals surface area contributed by atoms with Crippen LogP contribution in [0.2, 0.25) is 0 Å². The van der Waals surface area contributed by atoms with Crippen molar-refractivity contribution in [1.82, 2.24) is 10.6 Å². The monoisotopic (exact) mass is 355 g/mol. The van der Waals surface area contributed by atoms with Crippen molar-refractivity contribution in [1.29, 1.82) is 0 Å². The van der Waals surface area contributed by atoms with E-state index < -0.39 is 6.04 Å². The molecule has 1 aromatic rings. The van der Waals surface area contributed by atoms with Crippen LogP contribution >= 0.6 is 12.4 Å². The normalized spacial score (nSPS) is 20.0. The molecule has 1 aliphatic heterocycles. The Hall–Kier alpha value is -1.63. The van der Waals surface area contributed by atoms with Crippen molar-refractivity contribution in [3.63, 3.8) is 0 Å². The molecular weight excluding hydrogens is 330 g/mol. The average molecular weight is 356 g/mol. The van der Waals surface area contributed by atoms with Crippen LogP contribution in [0, 0.1) is 20.8 Å². The molecule has 6 nitrogen and oxygen atoms in total. The third kappa shape index (κ3) is 5.19. The fourth-order valence-corrected chi connectivity index (χ4v) is 2.87. The molecule has 134 valence electrons. The highest BCUT2D eigenvalue weighted by molar-refractivity contribution is 5.96. The van der Waals surface area contributed by atoms with E-state index in [0.29, 0.717) is 13.2 Å². The SMILES string of the molecule is Cc1cc(C)c(NC(=O)CNC(=O)[C@H]2NCCO[C@@H]2C)c(C)c1.Cl. The molecule has 0 bridgehead atoms. The van der Waals surface area contributed by atoms with Gasteiger partial charge in [-0.25, -0.2) is 0 Å². The maximum atomic E-state index is 12.1. The molecule has 0 radical (unpaired) electrons. The van der Waals surface area contributed by atoms with Gasteiger partial charge in [-0.15, -0.1) is 12.4 Å². The molecule has 2 atom stereocenters. The number of benzene rings is 1. The summed E-state index contributed by atoms with van der Waals surface area (Å²) in [5.41, 5.74) is 3.99. The summed E-state index contributed by atoms with van der Waals surface area (Å²) in [6.07, 6.45) is -0.201. The summed E-state index contributed by atoms with van der Waals surface area (Å²) < 4.78 is 5.43. The fourth-order valence-electron chi connectivity index (χ4n) is 2.87. The molecule has 2 rings (SSSR count). The minimum Gasteiger partial charge on any atom is -0.375 e. The van der Waals surface area contributed by atoms with Gasteiger partial charge in [0, 0.05) is 12.2 Å². The highest BCUT2D eigenvalue weighted by atomic mass is 35.5. The van der Waals surface area contributed by atoms with Crippen molar-refractivity contribution >= 4 is 29.9 Å². The van der Waals surface area contributed by atoms with E-state index in [1.165, 1.54) is 0 Å². The molecule has 1 fully saturated rings. The average Bonchev–Trinajstić information content (AvgIpc) is 2.49. The summed E-state index contributed by atoms with van der Waals surface area (Å²) in [7, 11) is 0. The standard InChI is InChI=1S/C17H25N3O3.ClH/c1-10-7-11(2)15(12(3)8-10)20-14(21)9-19-17(22)16-13(4)23-6-5-18-16;/h7-8,13,16,18H,5-6,9H2,1-4H3,(H,19,22)(H,20,21);1H/t13-,16+;/m1./s1. The molecule has 0 saturated carbocycles. The van der Waals surface area contributed by atoms with E-state index in [9.17, 15) is 9.59 Å². The second-order valence-corrected chi connectivity index (χ2v) is 6.05. The maximum absolute atomic E-state index is 12.1. The Kier molecular flexibility index (Phi) is 7.66. The number of carbonyl (C=O) groups excluding carboxylic acids is 2. The van der Waals surface area contributed by atoms with Gasteiger partial charge in [0.2, 0.25) is 11.8 Å². The van der Waals surface area contributed by atoms with Crippen LogP contribution in [-0.4, -0.2) is 43.7 Å². The Labute approximate surface area is 149 Å². The summed E-state index contributed by atoms with van der Waals surface area (Å²) in [5, 5.41) is 8.63. The van der Waals surface area contributed by atoms with Gasteiger partial charge in [0.15, 0.2) is 0 Å². The second kappa shape index (κ2) is 9.01. The topological polar surface area (TPSA) is 79.5 Å². The lowest BCUT2D eigenvalue weighted by molar-refractivity contribution is -0.130. The number of morpholine rings is 1. The zero-order chi connectivity index (χ0) is 17.0. The van der Waals surface area contributed by atoms with Crippen LogP contribution in [0.25, 0.3) is 0 Å². The number of nitrogens with one attached hydrogen (secondary N) is 3. The Morgan fingerprint density at radius 3 is 2.46 bits per heavy atom. The molecular formula is C17H26ClN3O3. The van der Waals surface area contributed by atoms with Crippen molar-refractivity contribution < 1.29 is 14.3 Å². The Morgan fingerprint density at radius 1 is 1.25 bits per heavy atom. The van der Waals surface area contributed by atoms with Gasteiger partial charge >= 0.3 is 0 Å². The summed E-state index contributed by atoms with van der Waals surface area (Å²) in [6, 6.07) is 3.62. The van der Waals surface area contributed by atoms with Crippen molar-refractivity contribution in [2.24, 2.45) is 0 Å². The zero-order valence-corrected chi connectivity index (χ0v) is 15.4. The van der Waals surface area contributed by atoms with Gasteiger partial charge in [-0.2, -0.15) is 0 Å². The number of hydrogen-bond acceptors (Lipinski definition) is 4. The summed E-state index contributed by atoms with van der Waals surface area (Å²) in [4.78, 5) is 24.2. The van der Waals surface area contributed by atoms with E-state index in [2.05, 4.69) is 16.0 Å². The summed E-state index contributed by atoms with van der Waals surface area (Å²) >= 11 is 0. The smallest absolute Gasteiger partial charge is 0.243 e. The van der Waals surface area contributed by atoms with Crippen molar-refractivity contribution in [3.8, 4) is 0 Å². The van der Waals surface area contributed by atoms with Crippen LogP contribution in [0.1, 0.15) is 23.6 Å². The van der Waals surface area contributed by atoms with Gasteiger partial charge in [-0.05, 0) is 38.8 Å². The van der Waals surface area contributed by atoms with Crippen molar-refractivity contribution in [2.75, 3.05) is 25.0 Å². The molecule has 1 heterocycles. The third-order valence-electron chi connectivity index (χ3n) is 3.96. The maximum Gasteiger partial charge on any atom is 0.243 e.